The second kappa shape index (κ2) is 8.95. The highest BCUT2D eigenvalue weighted by atomic mass is 32.2. The average molecular weight is 519 g/mol. The van der Waals surface area contributed by atoms with Crippen molar-refractivity contribution in [1.29, 1.82) is 0 Å². The van der Waals surface area contributed by atoms with Crippen molar-refractivity contribution in [1.82, 2.24) is 0 Å². The van der Waals surface area contributed by atoms with Gasteiger partial charge in [0.1, 0.15) is 4.90 Å². The van der Waals surface area contributed by atoms with E-state index in [2.05, 4.69) is 0 Å². The number of aromatic carboxylic acids is 1. The number of carboxylic acid groups (broad SMARTS) is 1. The van der Waals surface area contributed by atoms with Crippen LogP contribution in [0.25, 0.3) is 0 Å². The van der Waals surface area contributed by atoms with Gasteiger partial charge in [-0.05, 0) is 18.2 Å². The molecule has 1 aliphatic heterocycles. The van der Waals surface area contributed by atoms with Gasteiger partial charge in [0.25, 0.3) is 5.69 Å². The van der Waals surface area contributed by atoms with E-state index in [0.29, 0.717) is 11.1 Å². The number of ether oxygens (including phenoxy) is 2. The van der Waals surface area contributed by atoms with Crippen molar-refractivity contribution in [3.05, 3.63) is 124 Å². The molecule has 0 aliphatic carbocycles. The standard InChI is InChI=1S/C26H17NO9S/c28-25(29)17-15-22-24(23(16-17)36-37(32,33)21-13-11-20(12-14-21)27(30)31)35-26(34-22,18-7-3-1-4-8-18)19-9-5-2-6-10-19/h1-16H,(H,28,29). The van der Waals surface area contributed by atoms with Gasteiger partial charge in [0, 0.05) is 29.3 Å². The van der Waals surface area contributed by atoms with Crippen LogP contribution in [0, 0.1) is 10.1 Å². The van der Waals surface area contributed by atoms with Gasteiger partial charge in [-0.2, -0.15) is 8.42 Å². The molecule has 0 radical (unpaired) electrons. The Morgan fingerprint density at radius 2 is 1.43 bits per heavy atom. The fourth-order valence-electron chi connectivity index (χ4n) is 3.88. The number of nitro benzene ring substituents is 1. The Kier molecular flexibility index (Phi) is 5.76. The summed E-state index contributed by atoms with van der Waals surface area (Å²) in [6, 6.07) is 24.0. The normalized spacial score (nSPS) is 13.6. The number of non-ortho nitro benzene ring substituents is 1. The van der Waals surface area contributed by atoms with Crippen LogP contribution in [-0.4, -0.2) is 24.4 Å². The highest BCUT2D eigenvalue weighted by Gasteiger charge is 2.47. The number of hydrogen-bond donors (Lipinski definition) is 1. The van der Waals surface area contributed by atoms with Crippen LogP contribution in [0.15, 0.2) is 102 Å². The lowest BCUT2D eigenvalue weighted by molar-refractivity contribution is -0.384. The number of rotatable bonds is 7. The van der Waals surface area contributed by atoms with E-state index in [9.17, 15) is 28.4 Å². The van der Waals surface area contributed by atoms with Crippen LogP contribution >= 0.6 is 0 Å². The van der Waals surface area contributed by atoms with E-state index in [0.717, 1.165) is 30.3 Å². The third-order valence-corrected chi connectivity index (χ3v) is 6.86. The molecular weight excluding hydrogens is 502 g/mol. The van der Waals surface area contributed by atoms with Gasteiger partial charge in [-0.1, -0.05) is 60.7 Å². The molecule has 0 aromatic heterocycles. The lowest BCUT2D eigenvalue weighted by Crippen LogP contribution is -2.36. The number of benzene rings is 4. The maximum Gasteiger partial charge on any atom is 0.339 e. The molecule has 0 amide bonds. The third-order valence-electron chi connectivity index (χ3n) is 5.61. The summed E-state index contributed by atoms with van der Waals surface area (Å²) in [5.41, 5.74) is 0.532. The summed E-state index contributed by atoms with van der Waals surface area (Å²) in [6.45, 7) is 0. The van der Waals surface area contributed by atoms with Gasteiger partial charge < -0.3 is 18.8 Å². The predicted octanol–water partition coefficient (Wildman–Crippen LogP) is 4.73. The summed E-state index contributed by atoms with van der Waals surface area (Å²) in [7, 11) is -4.54. The number of nitrogens with zero attached hydrogens (tertiary/aromatic N) is 1. The molecular formula is C26H17NO9S. The molecule has 10 nitrogen and oxygen atoms in total. The summed E-state index contributed by atoms with van der Waals surface area (Å²) in [4.78, 5) is 21.7. The first-order valence-electron chi connectivity index (χ1n) is 10.8. The van der Waals surface area contributed by atoms with Gasteiger partial charge in [-0.15, -0.1) is 0 Å². The van der Waals surface area contributed by atoms with Crippen LogP contribution in [0.2, 0.25) is 0 Å². The van der Waals surface area contributed by atoms with Crippen molar-refractivity contribution in [2.75, 3.05) is 0 Å². The summed E-state index contributed by atoms with van der Waals surface area (Å²) < 4.78 is 43.9. The third kappa shape index (κ3) is 4.32. The first kappa shape index (κ1) is 23.8. The molecule has 1 aliphatic rings. The van der Waals surface area contributed by atoms with Crippen molar-refractivity contribution < 1.29 is 36.9 Å². The molecule has 186 valence electrons. The highest BCUT2D eigenvalue weighted by molar-refractivity contribution is 7.87. The Morgan fingerprint density at radius 1 is 0.865 bits per heavy atom. The minimum atomic E-state index is -4.54. The lowest BCUT2D eigenvalue weighted by atomic mass is 9.97. The van der Waals surface area contributed by atoms with Crippen LogP contribution in [0.5, 0.6) is 17.2 Å². The summed E-state index contributed by atoms with van der Waals surface area (Å²) in [5, 5.41) is 20.6. The van der Waals surface area contributed by atoms with Crippen molar-refractivity contribution in [3.63, 3.8) is 0 Å². The van der Waals surface area contributed by atoms with Crippen molar-refractivity contribution >= 4 is 21.8 Å². The minimum Gasteiger partial charge on any atom is -0.478 e. The Bertz CT molecular complexity index is 1560. The minimum absolute atomic E-state index is 0.0403. The molecule has 0 saturated carbocycles. The highest BCUT2D eigenvalue weighted by Crippen LogP contribution is 2.53. The van der Waals surface area contributed by atoms with Gasteiger partial charge in [0.15, 0.2) is 11.5 Å². The Labute approximate surface area is 210 Å². The SMILES string of the molecule is O=C(O)c1cc2c(c(OS(=O)(=O)c3ccc([N+](=O)[O-])cc3)c1)OC(c1ccccc1)(c1ccccc1)O2. The monoisotopic (exact) mass is 519 g/mol. The van der Waals surface area contributed by atoms with Gasteiger partial charge in [0.05, 0.1) is 10.5 Å². The zero-order chi connectivity index (χ0) is 26.2. The zero-order valence-corrected chi connectivity index (χ0v) is 19.6. The molecule has 4 aromatic carbocycles. The maximum atomic E-state index is 13.0. The molecule has 0 fully saturated rings. The van der Waals surface area contributed by atoms with Crippen LogP contribution in [0.1, 0.15) is 21.5 Å². The molecule has 4 aromatic rings. The number of carboxylic acids is 1. The molecule has 0 bridgehead atoms. The van der Waals surface area contributed by atoms with E-state index in [1.807, 2.05) is 0 Å². The number of hydrogen-bond acceptors (Lipinski definition) is 8. The lowest BCUT2D eigenvalue weighted by Gasteiger charge is -2.28. The Morgan fingerprint density at radius 3 is 1.95 bits per heavy atom. The van der Waals surface area contributed by atoms with E-state index < -0.39 is 32.5 Å². The van der Waals surface area contributed by atoms with Gasteiger partial charge in [-0.3, -0.25) is 10.1 Å². The van der Waals surface area contributed by atoms with Crippen molar-refractivity contribution in [2.24, 2.45) is 0 Å². The molecule has 37 heavy (non-hydrogen) atoms. The molecule has 0 saturated heterocycles. The van der Waals surface area contributed by atoms with Gasteiger partial charge in [-0.25, -0.2) is 4.79 Å². The zero-order valence-electron chi connectivity index (χ0n) is 18.8. The molecule has 0 spiro atoms. The molecule has 11 heteroatoms. The van der Waals surface area contributed by atoms with E-state index in [-0.39, 0.29) is 27.6 Å². The fraction of sp³-hybridized carbons (Fsp3) is 0.0385. The van der Waals surface area contributed by atoms with Crippen LogP contribution < -0.4 is 13.7 Å². The first-order valence-corrected chi connectivity index (χ1v) is 12.2. The Hall–Kier alpha value is -4.90. The molecule has 1 heterocycles. The fourth-order valence-corrected chi connectivity index (χ4v) is 4.80. The van der Waals surface area contributed by atoms with Crippen LogP contribution in [-0.2, 0) is 15.9 Å². The van der Waals surface area contributed by atoms with E-state index in [4.69, 9.17) is 13.7 Å². The van der Waals surface area contributed by atoms with Crippen molar-refractivity contribution in [2.45, 2.75) is 10.7 Å². The van der Waals surface area contributed by atoms with Crippen LogP contribution in [0.4, 0.5) is 5.69 Å². The second-order valence-corrected chi connectivity index (χ2v) is 9.49. The molecule has 1 N–H and O–H groups in total. The summed E-state index contributed by atoms with van der Waals surface area (Å²) >= 11 is 0. The number of carbonyl (C=O) groups is 1. The predicted molar refractivity (Wildman–Crippen MR) is 129 cm³/mol. The molecule has 0 unspecified atom stereocenters. The number of fused-ring (bicyclic) bond motifs is 1. The molecule has 0 atom stereocenters. The maximum absolute atomic E-state index is 13.0. The topological polar surface area (TPSA) is 142 Å². The largest absolute Gasteiger partial charge is 0.478 e. The smallest absolute Gasteiger partial charge is 0.339 e. The average Bonchev–Trinajstić information content (AvgIpc) is 3.31. The summed E-state index contributed by atoms with van der Waals surface area (Å²) in [6.07, 6.45) is 0. The second-order valence-electron chi connectivity index (χ2n) is 7.95. The van der Waals surface area contributed by atoms with Gasteiger partial charge >= 0.3 is 21.9 Å². The van der Waals surface area contributed by atoms with Gasteiger partial charge in [0.2, 0.25) is 5.75 Å². The van der Waals surface area contributed by atoms with Crippen molar-refractivity contribution in [3.8, 4) is 17.2 Å². The van der Waals surface area contributed by atoms with E-state index in [1.54, 1.807) is 60.7 Å². The first-order chi connectivity index (χ1) is 17.7. The van der Waals surface area contributed by atoms with Crippen LogP contribution in [0.3, 0.4) is 0 Å². The Balaban J connectivity index is 1.62. The summed E-state index contributed by atoms with van der Waals surface area (Å²) in [5.74, 6) is -3.48. The quantitative estimate of drug-likeness (QED) is 0.208. The molecule has 5 rings (SSSR count). The van der Waals surface area contributed by atoms with E-state index in [1.165, 1.54) is 6.07 Å². The number of nitro groups is 1. The van der Waals surface area contributed by atoms with E-state index >= 15 is 0 Å².